The normalized spacial score (nSPS) is 16.3. The van der Waals surface area contributed by atoms with Gasteiger partial charge in [-0.1, -0.05) is 0 Å². The van der Waals surface area contributed by atoms with Crippen LogP contribution >= 0.6 is 0 Å². The number of sulfonamides is 1. The number of nitrogens with zero attached hydrogens (tertiary/aromatic N) is 1. The zero-order valence-electron chi connectivity index (χ0n) is 15.5. The number of hydrogen-bond donors (Lipinski definition) is 0. The molecule has 0 unspecified atom stereocenters. The first-order valence-corrected chi connectivity index (χ1v) is 10.4. The minimum atomic E-state index is -3.52. The van der Waals surface area contributed by atoms with Crippen molar-refractivity contribution in [1.82, 2.24) is 4.31 Å². The van der Waals surface area contributed by atoms with Gasteiger partial charge in [-0.3, -0.25) is 0 Å². The van der Waals surface area contributed by atoms with Gasteiger partial charge in [0.2, 0.25) is 10.0 Å². The van der Waals surface area contributed by atoms with Crippen molar-refractivity contribution in [2.24, 2.45) is 5.92 Å². The summed E-state index contributed by atoms with van der Waals surface area (Å²) < 4.78 is 51.2. The zero-order valence-corrected chi connectivity index (χ0v) is 16.3. The summed E-state index contributed by atoms with van der Waals surface area (Å²) in [5.74, 6) is 1.25. The van der Waals surface area contributed by atoms with Crippen LogP contribution in [0.4, 0.5) is 4.39 Å². The highest BCUT2D eigenvalue weighted by Crippen LogP contribution is 2.28. The van der Waals surface area contributed by atoms with Crippen LogP contribution in [-0.2, 0) is 10.0 Å². The average molecular weight is 393 g/mol. The van der Waals surface area contributed by atoms with Crippen molar-refractivity contribution in [1.29, 1.82) is 0 Å². The Bertz CT molecular complexity index is 875. The van der Waals surface area contributed by atoms with E-state index in [1.54, 1.807) is 44.4 Å². The van der Waals surface area contributed by atoms with Crippen LogP contribution in [0.1, 0.15) is 18.4 Å². The maximum atomic E-state index is 12.9. The molecule has 0 bridgehead atoms. The topological polar surface area (TPSA) is 55.8 Å². The lowest BCUT2D eigenvalue weighted by Crippen LogP contribution is -2.39. The summed E-state index contributed by atoms with van der Waals surface area (Å²) in [5.41, 5.74) is 0.677. The third-order valence-electron chi connectivity index (χ3n) is 4.87. The van der Waals surface area contributed by atoms with Gasteiger partial charge in [0.1, 0.15) is 17.3 Å². The highest BCUT2D eigenvalue weighted by molar-refractivity contribution is 7.89. The molecule has 0 radical (unpaired) electrons. The van der Waals surface area contributed by atoms with E-state index in [0.29, 0.717) is 41.7 Å². The second-order valence-corrected chi connectivity index (χ2v) is 8.65. The van der Waals surface area contributed by atoms with Crippen LogP contribution < -0.4 is 9.47 Å². The molecule has 146 valence electrons. The Labute approximate surface area is 159 Å². The highest BCUT2D eigenvalue weighted by Gasteiger charge is 2.30. The second kappa shape index (κ2) is 8.27. The van der Waals surface area contributed by atoms with E-state index in [0.717, 1.165) is 12.8 Å². The molecule has 0 N–H and O–H groups in total. The van der Waals surface area contributed by atoms with E-state index < -0.39 is 10.0 Å². The summed E-state index contributed by atoms with van der Waals surface area (Å²) in [5, 5.41) is 0. The van der Waals surface area contributed by atoms with Gasteiger partial charge in [-0.15, -0.1) is 0 Å². The third kappa shape index (κ3) is 4.59. The molecule has 1 fully saturated rings. The van der Waals surface area contributed by atoms with E-state index in [4.69, 9.17) is 9.47 Å². The molecule has 2 aromatic carbocycles. The Morgan fingerprint density at radius 1 is 1.07 bits per heavy atom. The van der Waals surface area contributed by atoms with Gasteiger partial charge < -0.3 is 9.47 Å². The van der Waals surface area contributed by atoms with Gasteiger partial charge >= 0.3 is 0 Å². The lowest BCUT2D eigenvalue weighted by molar-refractivity contribution is 0.185. The van der Waals surface area contributed by atoms with E-state index in [1.165, 1.54) is 16.4 Å². The number of halogens is 1. The fraction of sp³-hybridized carbons (Fsp3) is 0.400. The molecule has 1 aliphatic rings. The van der Waals surface area contributed by atoms with Crippen molar-refractivity contribution in [2.75, 3.05) is 26.8 Å². The first kappa shape index (κ1) is 19.6. The zero-order chi connectivity index (χ0) is 19.4. The van der Waals surface area contributed by atoms with Crippen molar-refractivity contribution in [2.45, 2.75) is 24.7 Å². The smallest absolute Gasteiger partial charge is 0.243 e. The molecule has 0 aromatic heterocycles. The molecule has 0 saturated carbocycles. The predicted octanol–water partition coefficient (Wildman–Crippen LogP) is 3.62. The SMILES string of the molecule is COc1ccc(S(=O)(=O)N2CCC(COc3ccc(F)cc3)CC2)c(C)c1. The van der Waals surface area contributed by atoms with E-state index in [2.05, 4.69) is 0 Å². The molecule has 1 heterocycles. The summed E-state index contributed by atoms with van der Waals surface area (Å²) in [6.07, 6.45) is 1.46. The summed E-state index contributed by atoms with van der Waals surface area (Å²) >= 11 is 0. The number of hydrogen-bond acceptors (Lipinski definition) is 4. The number of methoxy groups -OCH3 is 1. The molecule has 0 amide bonds. The van der Waals surface area contributed by atoms with Gasteiger partial charge in [0, 0.05) is 13.1 Å². The Morgan fingerprint density at radius 2 is 1.70 bits per heavy atom. The Morgan fingerprint density at radius 3 is 2.30 bits per heavy atom. The quantitative estimate of drug-likeness (QED) is 0.752. The highest BCUT2D eigenvalue weighted by atomic mass is 32.2. The number of rotatable bonds is 6. The molecule has 27 heavy (non-hydrogen) atoms. The number of ether oxygens (including phenoxy) is 2. The second-order valence-electron chi connectivity index (χ2n) is 6.74. The maximum absolute atomic E-state index is 12.9. The van der Waals surface area contributed by atoms with Crippen LogP contribution in [0.25, 0.3) is 0 Å². The van der Waals surface area contributed by atoms with Crippen molar-refractivity contribution in [3.8, 4) is 11.5 Å². The molecular weight excluding hydrogens is 369 g/mol. The van der Waals surface area contributed by atoms with Crippen LogP contribution in [0, 0.1) is 18.7 Å². The largest absolute Gasteiger partial charge is 0.497 e. The molecule has 7 heteroatoms. The fourth-order valence-corrected chi connectivity index (χ4v) is 4.91. The van der Waals surface area contributed by atoms with E-state index in [-0.39, 0.29) is 11.7 Å². The van der Waals surface area contributed by atoms with Crippen molar-refractivity contribution in [3.63, 3.8) is 0 Å². The molecule has 2 aromatic rings. The summed E-state index contributed by atoms with van der Waals surface area (Å²) in [6, 6.07) is 10.9. The van der Waals surface area contributed by atoms with Crippen LogP contribution in [0.5, 0.6) is 11.5 Å². The van der Waals surface area contributed by atoms with Crippen LogP contribution in [-0.4, -0.2) is 39.5 Å². The number of aryl methyl sites for hydroxylation is 1. The van der Waals surface area contributed by atoms with E-state index >= 15 is 0 Å². The molecule has 0 aliphatic carbocycles. The van der Waals surface area contributed by atoms with Crippen molar-refractivity contribution >= 4 is 10.0 Å². The predicted molar refractivity (Wildman–Crippen MR) is 101 cm³/mol. The molecule has 0 spiro atoms. The van der Waals surface area contributed by atoms with Crippen LogP contribution in [0.2, 0.25) is 0 Å². The lowest BCUT2D eigenvalue weighted by atomic mass is 9.99. The monoisotopic (exact) mass is 393 g/mol. The van der Waals surface area contributed by atoms with Crippen molar-refractivity contribution < 1.29 is 22.3 Å². The average Bonchev–Trinajstić information content (AvgIpc) is 2.67. The summed E-state index contributed by atoms with van der Waals surface area (Å²) in [6.45, 7) is 3.20. The van der Waals surface area contributed by atoms with Crippen LogP contribution in [0.15, 0.2) is 47.4 Å². The first-order chi connectivity index (χ1) is 12.9. The minimum Gasteiger partial charge on any atom is -0.497 e. The Hall–Kier alpha value is -2.12. The lowest BCUT2D eigenvalue weighted by Gasteiger charge is -2.31. The molecule has 5 nitrogen and oxygen atoms in total. The van der Waals surface area contributed by atoms with Gasteiger partial charge in [-0.2, -0.15) is 4.31 Å². The number of benzene rings is 2. The number of piperidine rings is 1. The standard InChI is InChI=1S/C20H24FNO4S/c1-15-13-19(25-2)7-8-20(15)27(23,24)22-11-9-16(10-12-22)14-26-18-5-3-17(21)4-6-18/h3-8,13,16H,9-12,14H2,1-2H3. The van der Waals surface area contributed by atoms with E-state index in [9.17, 15) is 12.8 Å². The maximum Gasteiger partial charge on any atom is 0.243 e. The molecule has 0 atom stereocenters. The van der Waals surface area contributed by atoms with Gasteiger partial charge in [0.05, 0.1) is 18.6 Å². The molecular formula is C20H24FNO4S. The molecule has 1 aliphatic heterocycles. The van der Waals surface area contributed by atoms with Crippen LogP contribution in [0.3, 0.4) is 0 Å². The summed E-state index contributed by atoms with van der Waals surface area (Å²) in [4.78, 5) is 0.323. The van der Waals surface area contributed by atoms with Gasteiger partial charge in [-0.05, 0) is 73.7 Å². The summed E-state index contributed by atoms with van der Waals surface area (Å²) in [7, 11) is -1.96. The van der Waals surface area contributed by atoms with E-state index in [1.807, 2.05) is 0 Å². The molecule has 3 rings (SSSR count). The fourth-order valence-electron chi connectivity index (χ4n) is 3.24. The van der Waals surface area contributed by atoms with Crippen molar-refractivity contribution in [3.05, 3.63) is 53.8 Å². The Kier molecular flexibility index (Phi) is 6.01. The Balaban J connectivity index is 1.58. The first-order valence-electron chi connectivity index (χ1n) is 8.93. The minimum absolute atomic E-state index is 0.276. The van der Waals surface area contributed by atoms with Gasteiger partial charge in [0.15, 0.2) is 0 Å². The van der Waals surface area contributed by atoms with Gasteiger partial charge in [-0.25, -0.2) is 12.8 Å². The third-order valence-corrected chi connectivity index (χ3v) is 6.93. The molecule has 1 saturated heterocycles. The van der Waals surface area contributed by atoms with Gasteiger partial charge in [0.25, 0.3) is 0 Å².